The van der Waals surface area contributed by atoms with E-state index in [-0.39, 0.29) is 11.3 Å². The Morgan fingerprint density at radius 2 is 2.13 bits per heavy atom. The van der Waals surface area contributed by atoms with Crippen LogP contribution in [-0.4, -0.2) is 11.1 Å². The van der Waals surface area contributed by atoms with Crippen LogP contribution in [0.1, 0.15) is 29.8 Å². The topological polar surface area (TPSA) is 60.4 Å². The minimum Gasteiger partial charge on any atom is -0.872 e. The van der Waals surface area contributed by atoms with E-state index < -0.39 is 11.4 Å². The minimum absolute atomic E-state index is 0.125. The highest BCUT2D eigenvalue weighted by Crippen LogP contribution is 2.30. The molecule has 0 radical (unpaired) electrons. The maximum absolute atomic E-state index is 11.6. The summed E-state index contributed by atoms with van der Waals surface area (Å²) >= 11 is 0. The Bertz CT molecular complexity index is 405. The second kappa shape index (κ2) is 3.77. The SMILES string of the molecule is C=CC(C)(C)c1cc(C(=O)O)ccc1[O-]. The second-order valence-electron chi connectivity index (χ2n) is 3.94. The van der Waals surface area contributed by atoms with Gasteiger partial charge in [-0.1, -0.05) is 26.0 Å². The molecule has 0 aliphatic heterocycles. The van der Waals surface area contributed by atoms with Crippen LogP contribution in [0.3, 0.4) is 0 Å². The van der Waals surface area contributed by atoms with Crippen LogP contribution in [0.15, 0.2) is 30.9 Å². The van der Waals surface area contributed by atoms with Crippen molar-refractivity contribution in [2.24, 2.45) is 0 Å². The molecule has 1 aromatic carbocycles. The van der Waals surface area contributed by atoms with Crippen molar-refractivity contribution >= 4 is 5.97 Å². The minimum atomic E-state index is -1.03. The first-order valence-corrected chi connectivity index (χ1v) is 4.57. The predicted octanol–water partition coefficient (Wildman–Crippen LogP) is 1.92. The number of carbonyl (C=O) groups is 1. The molecule has 0 saturated carbocycles. The molecule has 0 atom stereocenters. The van der Waals surface area contributed by atoms with Gasteiger partial charge >= 0.3 is 5.97 Å². The van der Waals surface area contributed by atoms with Crippen LogP contribution in [-0.2, 0) is 5.41 Å². The van der Waals surface area contributed by atoms with Gasteiger partial charge in [-0.3, -0.25) is 0 Å². The van der Waals surface area contributed by atoms with Crippen LogP contribution in [0.5, 0.6) is 5.75 Å². The first kappa shape index (κ1) is 11.3. The van der Waals surface area contributed by atoms with Crippen LogP contribution < -0.4 is 5.11 Å². The van der Waals surface area contributed by atoms with Crippen LogP contribution in [0.25, 0.3) is 0 Å². The van der Waals surface area contributed by atoms with Crippen molar-refractivity contribution in [3.05, 3.63) is 42.0 Å². The van der Waals surface area contributed by atoms with Gasteiger partial charge in [0.25, 0.3) is 0 Å². The van der Waals surface area contributed by atoms with E-state index in [1.54, 1.807) is 6.08 Å². The van der Waals surface area contributed by atoms with Gasteiger partial charge in [0, 0.05) is 5.41 Å². The number of rotatable bonds is 3. The van der Waals surface area contributed by atoms with E-state index in [4.69, 9.17) is 5.11 Å². The quantitative estimate of drug-likeness (QED) is 0.767. The lowest BCUT2D eigenvalue weighted by atomic mass is 9.83. The number of allylic oxidation sites excluding steroid dienone is 1. The van der Waals surface area contributed by atoms with Crippen LogP contribution in [0.4, 0.5) is 0 Å². The summed E-state index contributed by atoms with van der Waals surface area (Å²) in [6.07, 6.45) is 1.63. The van der Waals surface area contributed by atoms with E-state index in [0.717, 1.165) is 0 Å². The van der Waals surface area contributed by atoms with Crippen molar-refractivity contribution in [2.45, 2.75) is 19.3 Å². The number of hydrogen-bond acceptors (Lipinski definition) is 2. The molecule has 80 valence electrons. The molecule has 0 saturated heterocycles. The van der Waals surface area contributed by atoms with E-state index in [1.807, 2.05) is 13.8 Å². The van der Waals surface area contributed by atoms with Gasteiger partial charge in [0.15, 0.2) is 0 Å². The lowest BCUT2D eigenvalue weighted by Crippen LogP contribution is -2.17. The van der Waals surface area contributed by atoms with Gasteiger partial charge < -0.3 is 10.2 Å². The molecule has 3 heteroatoms. The molecule has 1 rings (SSSR count). The van der Waals surface area contributed by atoms with Crippen LogP contribution in [0, 0.1) is 0 Å². The van der Waals surface area contributed by atoms with Gasteiger partial charge in [-0.2, -0.15) is 0 Å². The number of carboxylic acids is 1. The molecule has 0 aliphatic carbocycles. The molecule has 0 aromatic heterocycles. The normalized spacial score (nSPS) is 11.1. The summed E-state index contributed by atoms with van der Waals surface area (Å²) in [7, 11) is 0. The Labute approximate surface area is 88.7 Å². The number of hydrogen-bond donors (Lipinski definition) is 1. The zero-order valence-electron chi connectivity index (χ0n) is 8.78. The van der Waals surface area contributed by atoms with E-state index in [1.165, 1.54) is 18.2 Å². The smallest absolute Gasteiger partial charge is 0.335 e. The predicted molar refractivity (Wildman–Crippen MR) is 56.1 cm³/mol. The van der Waals surface area contributed by atoms with Gasteiger partial charge in [0.05, 0.1) is 5.56 Å². The lowest BCUT2D eigenvalue weighted by Gasteiger charge is -2.26. The summed E-state index contributed by atoms with van der Waals surface area (Å²) in [5.41, 5.74) is 0.0691. The van der Waals surface area contributed by atoms with Gasteiger partial charge in [-0.25, -0.2) is 4.79 Å². The summed E-state index contributed by atoms with van der Waals surface area (Å²) in [5, 5.41) is 20.4. The van der Waals surface area contributed by atoms with Crippen molar-refractivity contribution in [1.82, 2.24) is 0 Å². The summed E-state index contributed by atoms with van der Waals surface area (Å²) in [4.78, 5) is 10.8. The molecule has 0 heterocycles. The maximum Gasteiger partial charge on any atom is 0.335 e. The van der Waals surface area contributed by atoms with Gasteiger partial charge in [-0.15, -0.1) is 12.3 Å². The zero-order chi connectivity index (χ0) is 11.6. The molecule has 3 nitrogen and oxygen atoms in total. The Kier molecular flexibility index (Phi) is 2.84. The van der Waals surface area contributed by atoms with E-state index in [2.05, 4.69) is 6.58 Å². The van der Waals surface area contributed by atoms with Gasteiger partial charge in [-0.05, 0) is 17.7 Å². The molecular formula is C12H13O3-. The maximum atomic E-state index is 11.6. The molecule has 0 spiro atoms. The summed E-state index contributed by atoms with van der Waals surface area (Å²) in [6, 6.07) is 4.00. The molecule has 0 aliphatic rings. The molecule has 0 amide bonds. The first-order chi connectivity index (χ1) is 6.88. The highest BCUT2D eigenvalue weighted by atomic mass is 16.4. The largest absolute Gasteiger partial charge is 0.872 e. The monoisotopic (exact) mass is 205 g/mol. The number of aromatic carboxylic acids is 1. The van der Waals surface area contributed by atoms with Crippen molar-refractivity contribution in [1.29, 1.82) is 0 Å². The zero-order valence-corrected chi connectivity index (χ0v) is 8.78. The average Bonchev–Trinajstić information content (AvgIpc) is 2.17. The second-order valence-corrected chi connectivity index (χ2v) is 3.94. The third-order valence-corrected chi connectivity index (χ3v) is 2.43. The summed E-state index contributed by atoms with van der Waals surface area (Å²) in [6.45, 7) is 7.28. The highest BCUT2D eigenvalue weighted by molar-refractivity contribution is 5.88. The number of benzene rings is 1. The van der Waals surface area contributed by atoms with Crippen LogP contribution in [0.2, 0.25) is 0 Å². The summed E-state index contributed by atoms with van der Waals surface area (Å²) in [5.74, 6) is -1.19. The Balaban J connectivity index is 3.34. The van der Waals surface area contributed by atoms with Gasteiger partial charge in [0.1, 0.15) is 0 Å². The molecule has 0 fully saturated rings. The van der Waals surface area contributed by atoms with Crippen molar-refractivity contribution in [3.63, 3.8) is 0 Å². The molecule has 15 heavy (non-hydrogen) atoms. The van der Waals surface area contributed by atoms with E-state index >= 15 is 0 Å². The molecule has 0 bridgehead atoms. The highest BCUT2D eigenvalue weighted by Gasteiger charge is 2.18. The lowest BCUT2D eigenvalue weighted by molar-refractivity contribution is -0.269. The third kappa shape index (κ3) is 2.18. The van der Waals surface area contributed by atoms with E-state index in [9.17, 15) is 9.90 Å². The standard InChI is InChI=1S/C12H14O3/c1-4-12(2,3)9-7-8(11(14)15)5-6-10(9)13/h4-7,13H,1H2,2-3H3,(H,14,15)/p-1. The van der Waals surface area contributed by atoms with Crippen molar-refractivity contribution < 1.29 is 15.0 Å². The summed E-state index contributed by atoms with van der Waals surface area (Å²) < 4.78 is 0. The fraction of sp³-hybridized carbons (Fsp3) is 0.250. The fourth-order valence-corrected chi connectivity index (χ4v) is 1.28. The molecule has 1 aromatic rings. The van der Waals surface area contributed by atoms with Crippen LogP contribution >= 0.6 is 0 Å². The Morgan fingerprint density at radius 3 is 2.60 bits per heavy atom. The van der Waals surface area contributed by atoms with Crippen molar-refractivity contribution in [3.8, 4) is 5.75 Å². The molecular weight excluding hydrogens is 192 g/mol. The fourth-order valence-electron chi connectivity index (χ4n) is 1.28. The van der Waals surface area contributed by atoms with Gasteiger partial charge in [0.2, 0.25) is 0 Å². The van der Waals surface area contributed by atoms with Crippen molar-refractivity contribution in [2.75, 3.05) is 0 Å². The molecule has 1 N–H and O–H groups in total. The third-order valence-electron chi connectivity index (χ3n) is 2.43. The van der Waals surface area contributed by atoms with E-state index in [0.29, 0.717) is 5.56 Å². The Hall–Kier alpha value is -1.77. The number of carboxylic acid groups (broad SMARTS) is 1. The average molecular weight is 205 g/mol. The molecule has 0 unspecified atom stereocenters. The Morgan fingerprint density at radius 1 is 1.53 bits per heavy atom. The first-order valence-electron chi connectivity index (χ1n) is 4.57.